The third-order valence-electron chi connectivity index (χ3n) is 4.35. The van der Waals surface area contributed by atoms with Crippen LogP contribution in [0.25, 0.3) is 0 Å². The van der Waals surface area contributed by atoms with Gasteiger partial charge in [-0.15, -0.1) is 0 Å². The third-order valence-corrected chi connectivity index (χ3v) is 4.80. The van der Waals surface area contributed by atoms with Crippen molar-refractivity contribution in [3.8, 4) is 5.75 Å². The summed E-state index contributed by atoms with van der Waals surface area (Å²) in [5.41, 5.74) is 0.373. The van der Waals surface area contributed by atoms with Gasteiger partial charge >= 0.3 is 5.97 Å². The molecule has 2 aliphatic heterocycles. The minimum Gasteiger partial charge on any atom is -0.481 e. The first kappa shape index (κ1) is 20.3. The lowest BCUT2D eigenvalue weighted by Gasteiger charge is -2.29. The van der Waals surface area contributed by atoms with E-state index in [4.69, 9.17) is 9.47 Å². The highest BCUT2D eigenvalue weighted by Crippen LogP contribution is 2.36. The molecule has 1 unspecified atom stereocenters. The number of carbonyl (C=O) groups is 4. The summed E-state index contributed by atoms with van der Waals surface area (Å²) < 4.78 is 11.5. The number of amides is 3. The van der Waals surface area contributed by atoms with Crippen LogP contribution in [0, 0.1) is 0 Å². The molecule has 1 saturated heterocycles. The molecule has 1 aromatic rings. The summed E-state index contributed by atoms with van der Waals surface area (Å²) in [6.45, 7) is 5.15. The molecule has 1 fully saturated rings. The number of benzene rings is 1. The van der Waals surface area contributed by atoms with Crippen molar-refractivity contribution < 1.29 is 28.7 Å². The molecule has 2 aliphatic rings. The molecular formula is C19H21BrN2O6. The van der Waals surface area contributed by atoms with Gasteiger partial charge in [-0.05, 0) is 39.3 Å². The fraction of sp³-hybridized carbons (Fsp3) is 0.474. The third kappa shape index (κ3) is 4.35. The quantitative estimate of drug-likeness (QED) is 0.552. The van der Waals surface area contributed by atoms with Gasteiger partial charge in [0.2, 0.25) is 11.8 Å². The number of esters is 1. The summed E-state index contributed by atoms with van der Waals surface area (Å²) in [4.78, 5) is 49.8. The van der Waals surface area contributed by atoms with Crippen molar-refractivity contribution in [1.82, 2.24) is 10.2 Å². The van der Waals surface area contributed by atoms with Crippen molar-refractivity contribution in [3.63, 3.8) is 0 Å². The van der Waals surface area contributed by atoms with Crippen LogP contribution in [-0.4, -0.2) is 46.8 Å². The van der Waals surface area contributed by atoms with Gasteiger partial charge in [0.05, 0.1) is 6.54 Å². The van der Waals surface area contributed by atoms with Crippen LogP contribution in [0.3, 0.4) is 0 Å². The monoisotopic (exact) mass is 452 g/mol. The van der Waals surface area contributed by atoms with Gasteiger partial charge in [0.15, 0.2) is 6.61 Å². The van der Waals surface area contributed by atoms with Crippen LogP contribution in [0.2, 0.25) is 0 Å². The highest BCUT2D eigenvalue weighted by atomic mass is 79.9. The van der Waals surface area contributed by atoms with Crippen molar-refractivity contribution in [2.45, 2.75) is 51.8 Å². The van der Waals surface area contributed by atoms with Crippen LogP contribution in [0.1, 0.15) is 49.5 Å². The second-order valence-corrected chi connectivity index (χ2v) is 8.62. The summed E-state index contributed by atoms with van der Waals surface area (Å²) in [6.07, 6.45) is 0.460. The molecule has 1 atom stereocenters. The summed E-state index contributed by atoms with van der Waals surface area (Å²) in [5, 5.41) is 2.27. The summed E-state index contributed by atoms with van der Waals surface area (Å²) in [7, 11) is 0. The SMILES string of the molecule is CC(C)(C)OC(=O)COc1cc(Br)cc2c1CN(C1CCC(=O)NC1=O)C2=O. The fourth-order valence-electron chi connectivity index (χ4n) is 3.23. The van der Waals surface area contributed by atoms with Gasteiger partial charge in [-0.2, -0.15) is 0 Å². The highest BCUT2D eigenvalue weighted by Gasteiger charge is 2.40. The molecule has 0 aromatic heterocycles. The first-order valence-electron chi connectivity index (χ1n) is 8.87. The molecule has 1 N–H and O–H groups in total. The van der Waals surface area contributed by atoms with Gasteiger partial charge in [0, 0.05) is 22.0 Å². The first-order chi connectivity index (χ1) is 13.0. The molecule has 8 nitrogen and oxygen atoms in total. The minimum atomic E-state index is -0.713. The van der Waals surface area contributed by atoms with Crippen molar-refractivity contribution in [2.24, 2.45) is 0 Å². The van der Waals surface area contributed by atoms with Crippen LogP contribution in [-0.2, 0) is 25.7 Å². The average Bonchev–Trinajstić information content (AvgIpc) is 2.88. The topological polar surface area (TPSA) is 102 Å². The number of hydrogen-bond acceptors (Lipinski definition) is 6. The summed E-state index contributed by atoms with van der Waals surface area (Å²) in [5.74, 6) is -1.28. The van der Waals surface area contributed by atoms with E-state index in [1.165, 1.54) is 4.90 Å². The predicted molar refractivity (Wildman–Crippen MR) is 102 cm³/mol. The van der Waals surface area contributed by atoms with E-state index in [9.17, 15) is 19.2 Å². The Labute approximate surface area is 170 Å². The number of halogens is 1. The zero-order chi connectivity index (χ0) is 20.6. The minimum absolute atomic E-state index is 0.164. The molecule has 2 heterocycles. The molecule has 1 aromatic carbocycles. The largest absolute Gasteiger partial charge is 0.481 e. The fourth-order valence-corrected chi connectivity index (χ4v) is 3.67. The van der Waals surface area contributed by atoms with Crippen LogP contribution in [0.15, 0.2) is 16.6 Å². The number of ether oxygens (including phenoxy) is 2. The van der Waals surface area contributed by atoms with Gasteiger partial charge in [-0.3, -0.25) is 19.7 Å². The van der Waals surface area contributed by atoms with E-state index in [1.54, 1.807) is 32.9 Å². The molecule has 3 amide bonds. The van der Waals surface area contributed by atoms with Crippen molar-refractivity contribution in [2.75, 3.05) is 6.61 Å². The van der Waals surface area contributed by atoms with E-state index in [1.807, 2.05) is 0 Å². The van der Waals surface area contributed by atoms with E-state index >= 15 is 0 Å². The zero-order valence-corrected chi connectivity index (χ0v) is 17.4. The van der Waals surface area contributed by atoms with Crippen molar-refractivity contribution in [1.29, 1.82) is 0 Å². The van der Waals surface area contributed by atoms with Crippen LogP contribution in [0.5, 0.6) is 5.75 Å². The second kappa shape index (κ2) is 7.54. The number of rotatable bonds is 4. The lowest BCUT2D eigenvalue weighted by atomic mass is 10.0. The Balaban J connectivity index is 1.79. The zero-order valence-electron chi connectivity index (χ0n) is 15.8. The van der Waals surface area contributed by atoms with Gasteiger partial charge in [-0.25, -0.2) is 4.79 Å². The molecule has 0 bridgehead atoms. The Morgan fingerprint density at radius 2 is 2.00 bits per heavy atom. The molecular weight excluding hydrogens is 432 g/mol. The van der Waals surface area contributed by atoms with Crippen LogP contribution in [0.4, 0.5) is 0 Å². The average molecular weight is 453 g/mol. The maximum atomic E-state index is 12.8. The number of hydrogen-bond donors (Lipinski definition) is 1. The Hall–Kier alpha value is -2.42. The van der Waals surface area contributed by atoms with Crippen molar-refractivity contribution >= 4 is 39.6 Å². The Morgan fingerprint density at radius 3 is 2.64 bits per heavy atom. The van der Waals surface area contributed by atoms with Gasteiger partial charge in [0.1, 0.15) is 17.4 Å². The van der Waals surface area contributed by atoms with Gasteiger partial charge < -0.3 is 14.4 Å². The number of nitrogens with one attached hydrogen (secondary N) is 1. The van der Waals surface area contributed by atoms with E-state index in [0.29, 0.717) is 21.3 Å². The second-order valence-electron chi connectivity index (χ2n) is 7.71. The normalized spacial score (nSPS) is 19.4. The Morgan fingerprint density at radius 1 is 1.29 bits per heavy atom. The first-order valence-corrected chi connectivity index (χ1v) is 9.66. The number of piperidine rings is 1. The van der Waals surface area contributed by atoms with E-state index < -0.39 is 23.5 Å². The van der Waals surface area contributed by atoms with Crippen LogP contribution >= 0.6 is 15.9 Å². The molecule has 150 valence electrons. The molecule has 0 aliphatic carbocycles. The number of carbonyl (C=O) groups excluding carboxylic acids is 4. The summed E-state index contributed by atoms with van der Waals surface area (Å²) in [6, 6.07) is 2.61. The Bertz CT molecular complexity index is 861. The Kier molecular flexibility index (Phi) is 5.47. The maximum Gasteiger partial charge on any atom is 0.344 e. The van der Waals surface area contributed by atoms with Crippen molar-refractivity contribution in [3.05, 3.63) is 27.7 Å². The molecule has 28 heavy (non-hydrogen) atoms. The van der Waals surface area contributed by atoms with Gasteiger partial charge in [0.25, 0.3) is 5.91 Å². The van der Waals surface area contributed by atoms with E-state index in [-0.39, 0.29) is 37.8 Å². The van der Waals surface area contributed by atoms with Gasteiger partial charge in [-0.1, -0.05) is 15.9 Å². The molecule has 9 heteroatoms. The lowest BCUT2D eigenvalue weighted by molar-refractivity contribution is -0.157. The molecule has 3 rings (SSSR count). The summed E-state index contributed by atoms with van der Waals surface area (Å²) >= 11 is 3.34. The lowest BCUT2D eigenvalue weighted by Crippen LogP contribution is -2.52. The van der Waals surface area contributed by atoms with E-state index in [2.05, 4.69) is 21.2 Å². The molecule has 0 spiro atoms. The van der Waals surface area contributed by atoms with E-state index in [0.717, 1.165) is 0 Å². The van der Waals surface area contributed by atoms with Crippen LogP contribution < -0.4 is 10.1 Å². The standard InChI is InChI=1S/C19H21BrN2O6/c1-19(2,3)28-16(24)9-27-14-7-10(20)6-11-12(14)8-22(18(11)26)13-4-5-15(23)21-17(13)25/h6-7,13H,4-5,8-9H2,1-3H3,(H,21,23,25). The smallest absolute Gasteiger partial charge is 0.344 e. The number of imide groups is 1. The molecule has 0 radical (unpaired) electrons. The molecule has 0 saturated carbocycles. The highest BCUT2D eigenvalue weighted by molar-refractivity contribution is 9.10. The maximum absolute atomic E-state index is 12.8. The number of fused-ring (bicyclic) bond motifs is 1. The number of nitrogens with zero attached hydrogens (tertiary/aromatic N) is 1. The predicted octanol–water partition coefficient (Wildman–Crippen LogP) is 1.93.